The Morgan fingerprint density at radius 3 is 2.58 bits per heavy atom. The van der Waals surface area contributed by atoms with Crippen LogP contribution in [0.4, 0.5) is 0 Å². The summed E-state index contributed by atoms with van der Waals surface area (Å²) >= 11 is 0. The zero-order valence-electron chi connectivity index (χ0n) is 18.2. The van der Waals surface area contributed by atoms with Crippen LogP contribution in [0.25, 0.3) is 0 Å². The number of carbonyl (C=O) groups excluding carboxylic acids is 3. The lowest BCUT2D eigenvalue weighted by atomic mass is 9.79. The van der Waals surface area contributed by atoms with Crippen molar-refractivity contribution >= 4 is 17.6 Å². The third kappa shape index (κ3) is 6.04. The van der Waals surface area contributed by atoms with Gasteiger partial charge >= 0.3 is 0 Å². The molecule has 31 heavy (non-hydrogen) atoms. The maximum atomic E-state index is 13.2. The number of benzene rings is 1. The molecule has 3 unspecified atom stereocenters. The molecule has 0 saturated carbocycles. The molecule has 7 nitrogen and oxygen atoms in total. The van der Waals surface area contributed by atoms with Crippen LogP contribution in [0.1, 0.15) is 49.5 Å². The highest BCUT2D eigenvalue weighted by Gasteiger charge is 2.38. The highest BCUT2D eigenvalue weighted by Crippen LogP contribution is 2.28. The molecule has 2 aromatic rings. The predicted octanol–water partition coefficient (Wildman–Crippen LogP) is 2.90. The molecular weight excluding hydrogens is 396 g/mol. The highest BCUT2D eigenvalue weighted by molar-refractivity contribution is 5.98. The number of nitrogens with one attached hydrogen (secondary N) is 2. The second-order valence-corrected chi connectivity index (χ2v) is 8.78. The van der Waals surface area contributed by atoms with Gasteiger partial charge in [0.25, 0.3) is 5.91 Å². The van der Waals surface area contributed by atoms with Gasteiger partial charge in [0.15, 0.2) is 5.78 Å². The van der Waals surface area contributed by atoms with Crippen LogP contribution >= 0.6 is 0 Å². The molecule has 1 fully saturated rings. The summed E-state index contributed by atoms with van der Waals surface area (Å²) in [5.74, 6) is -0.936. The highest BCUT2D eigenvalue weighted by atomic mass is 16.5. The number of rotatable bonds is 9. The van der Waals surface area contributed by atoms with Crippen molar-refractivity contribution in [3.8, 4) is 0 Å². The molecule has 2 N–H and O–H groups in total. The Morgan fingerprint density at radius 1 is 1.19 bits per heavy atom. The molecule has 0 spiro atoms. The minimum absolute atomic E-state index is 0.00496. The Hall–Kier alpha value is -2.93. The van der Waals surface area contributed by atoms with Gasteiger partial charge in [0.05, 0.1) is 17.9 Å². The lowest BCUT2D eigenvalue weighted by Crippen LogP contribution is -2.54. The molecule has 0 aliphatic carbocycles. The molecule has 1 saturated heterocycles. The van der Waals surface area contributed by atoms with E-state index < -0.39 is 18.0 Å². The van der Waals surface area contributed by atoms with Crippen LogP contribution in [0.2, 0.25) is 0 Å². The first-order valence-corrected chi connectivity index (χ1v) is 10.6. The van der Waals surface area contributed by atoms with E-state index in [-0.39, 0.29) is 29.8 Å². The van der Waals surface area contributed by atoms with E-state index in [0.717, 1.165) is 12.0 Å². The van der Waals surface area contributed by atoms with Crippen molar-refractivity contribution < 1.29 is 23.5 Å². The molecule has 3 atom stereocenters. The standard InChI is InChI=1S/C24H30N2O5/c1-4-20-21(19(27)15-31-20)26-23(29)18(25-22(28)17-10-11-30-14-17)13-24(2,3)12-16-8-6-5-7-9-16/h5-11,14,18,20-21H,4,12-13,15H2,1-3H3,(H,25,28)(H,26,29). The summed E-state index contributed by atoms with van der Waals surface area (Å²) in [5.41, 5.74) is 1.21. The van der Waals surface area contributed by atoms with E-state index in [2.05, 4.69) is 24.5 Å². The van der Waals surface area contributed by atoms with E-state index in [0.29, 0.717) is 18.4 Å². The van der Waals surface area contributed by atoms with Crippen molar-refractivity contribution in [1.29, 1.82) is 0 Å². The molecule has 2 heterocycles. The Bertz CT molecular complexity index is 892. The first-order chi connectivity index (χ1) is 14.8. The normalized spacial score (nSPS) is 19.8. The Morgan fingerprint density at radius 2 is 1.94 bits per heavy atom. The van der Waals surface area contributed by atoms with Gasteiger partial charge in [-0.05, 0) is 36.3 Å². The van der Waals surface area contributed by atoms with Crippen LogP contribution < -0.4 is 10.6 Å². The van der Waals surface area contributed by atoms with Gasteiger partial charge < -0.3 is 19.8 Å². The Balaban J connectivity index is 1.75. The number of furan rings is 1. The summed E-state index contributed by atoms with van der Waals surface area (Å²) in [6.45, 7) is 6.02. The van der Waals surface area contributed by atoms with Crippen LogP contribution in [0.5, 0.6) is 0 Å². The third-order valence-electron chi connectivity index (χ3n) is 5.55. The molecule has 2 amide bonds. The van der Waals surface area contributed by atoms with E-state index in [1.807, 2.05) is 37.3 Å². The van der Waals surface area contributed by atoms with Gasteiger partial charge in [-0.25, -0.2) is 0 Å². The Labute approximate surface area is 182 Å². The topological polar surface area (TPSA) is 97.6 Å². The molecule has 166 valence electrons. The summed E-state index contributed by atoms with van der Waals surface area (Å²) in [6, 6.07) is 10.0. The summed E-state index contributed by atoms with van der Waals surface area (Å²) < 4.78 is 10.4. The number of amides is 2. The summed E-state index contributed by atoms with van der Waals surface area (Å²) in [6.07, 6.45) is 4.14. The van der Waals surface area contributed by atoms with E-state index in [1.165, 1.54) is 12.5 Å². The molecule has 0 radical (unpaired) electrons. The monoisotopic (exact) mass is 426 g/mol. The molecule has 1 aromatic heterocycles. The summed E-state index contributed by atoms with van der Waals surface area (Å²) in [4.78, 5) is 38.0. The van der Waals surface area contributed by atoms with E-state index in [4.69, 9.17) is 9.15 Å². The molecule has 1 aliphatic rings. The lowest BCUT2D eigenvalue weighted by Gasteiger charge is -2.31. The first kappa shape index (κ1) is 22.7. The van der Waals surface area contributed by atoms with Gasteiger partial charge in [0, 0.05) is 0 Å². The number of ketones is 1. The fourth-order valence-electron chi connectivity index (χ4n) is 3.98. The van der Waals surface area contributed by atoms with E-state index in [9.17, 15) is 14.4 Å². The van der Waals surface area contributed by atoms with Crippen LogP contribution in [0.3, 0.4) is 0 Å². The van der Waals surface area contributed by atoms with Crippen molar-refractivity contribution in [1.82, 2.24) is 10.6 Å². The maximum absolute atomic E-state index is 13.2. The smallest absolute Gasteiger partial charge is 0.255 e. The summed E-state index contributed by atoms with van der Waals surface area (Å²) in [7, 11) is 0. The number of carbonyl (C=O) groups is 3. The fraction of sp³-hybridized carbons (Fsp3) is 0.458. The average Bonchev–Trinajstić information content (AvgIpc) is 3.38. The van der Waals surface area contributed by atoms with Crippen LogP contribution in [0.15, 0.2) is 53.3 Å². The minimum Gasteiger partial charge on any atom is -0.472 e. The van der Waals surface area contributed by atoms with Crippen molar-refractivity contribution in [2.45, 2.75) is 58.2 Å². The van der Waals surface area contributed by atoms with Gasteiger partial charge in [-0.2, -0.15) is 0 Å². The maximum Gasteiger partial charge on any atom is 0.255 e. The van der Waals surface area contributed by atoms with E-state index in [1.54, 1.807) is 6.07 Å². The van der Waals surface area contributed by atoms with Crippen molar-refractivity contribution in [3.63, 3.8) is 0 Å². The predicted molar refractivity (Wildman–Crippen MR) is 115 cm³/mol. The Kier molecular flexibility index (Phi) is 7.28. The molecule has 0 bridgehead atoms. The van der Waals surface area contributed by atoms with Gasteiger partial charge in [-0.1, -0.05) is 51.1 Å². The molecule has 1 aromatic carbocycles. The second-order valence-electron chi connectivity index (χ2n) is 8.78. The van der Waals surface area contributed by atoms with Crippen molar-refractivity contribution in [2.24, 2.45) is 5.41 Å². The van der Waals surface area contributed by atoms with Crippen LogP contribution in [-0.2, 0) is 20.7 Å². The SMILES string of the molecule is CCC1OCC(=O)C1NC(=O)C(CC(C)(C)Cc1ccccc1)NC(=O)c1ccoc1. The van der Waals surface area contributed by atoms with Gasteiger partial charge in [-0.15, -0.1) is 0 Å². The van der Waals surface area contributed by atoms with Crippen LogP contribution in [0, 0.1) is 5.41 Å². The number of hydrogen-bond acceptors (Lipinski definition) is 5. The first-order valence-electron chi connectivity index (χ1n) is 10.6. The molecule has 1 aliphatic heterocycles. The van der Waals surface area contributed by atoms with Crippen molar-refractivity contribution in [3.05, 3.63) is 60.1 Å². The molecular formula is C24H30N2O5. The number of hydrogen-bond donors (Lipinski definition) is 2. The second kappa shape index (κ2) is 9.92. The quantitative estimate of drug-likeness (QED) is 0.643. The van der Waals surface area contributed by atoms with Crippen LogP contribution in [-0.4, -0.2) is 42.4 Å². The van der Waals surface area contributed by atoms with Gasteiger partial charge in [0.2, 0.25) is 5.91 Å². The third-order valence-corrected chi connectivity index (χ3v) is 5.55. The fourth-order valence-corrected chi connectivity index (χ4v) is 3.98. The average molecular weight is 427 g/mol. The molecule has 7 heteroatoms. The van der Waals surface area contributed by atoms with E-state index >= 15 is 0 Å². The largest absolute Gasteiger partial charge is 0.472 e. The number of Topliss-reactive ketones (excluding diaryl/α,β-unsaturated/α-hetero) is 1. The summed E-state index contributed by atoms with van der Waals surface area (Å²) in [5, 5.41) is 5.63. The zero-order chi connectivity index (χ0) is 22.4. The molecule has 3 rings (SSSR count). The van der Waals surface area contributed by atoms with Gasteiger partial charge in [0.1, 0.15) is 25.0 Å². The minimum atomic E-state index is -0.813. The number of ether oxygens (including phenoxy) is 1. The van der Waals surface area contributed by atoms with Crippen molar-refractivity contribution in [2.75, 3.05) is 6.61 Å². The van der Waals surface area contributed by atoms with Gasteiger partial charge in [-0.3, -0.25) is 14.4 Å². The zero-order valence-corrected chi connectivity index (χ0v) is 18.2. The lowest BCUT2D eigenvalue weighted by molar-refractivity contribution is -0.128.